The third-order valence-corrected chi connectivity index (χ3v) is 5.74. The molecule has 4 N–H and O–H groups in total. The van der Waals surface area contributed by atoms with Crippen LogP contribution < -0.4 is 21.2 Å². The SMILES string of the molecule is BNCCCc1ccc(-c2cnc(N)c(C(=O)Nc3cnccc3N3CCOCC3)c2)cc1. The summed E-state index contributed by atoms with van der Waals surface area (Å²) in [4.78, 5) is 23.8. The zero-order valence-electron chi connectivity index (χ0n) is 18.9. The van der Waals surface area contributed by atoms with Crippen LogP contribution in [0.25, 0.3) is 11.1 Å². The van der Waals surface area contributed by atoms with Crippen LogP contribution in [0.5, 0.6) is 0 Å². The second-order valence-electron chi connectivity index (χ2n) is 8.01. The number of benzene rings is 1. The number of nitrogens with one attached hydrogen (secondary N) is 2. The monoisotopic (exact) mass is 444 g/mol. The minimum Gasteiger partial charge on any atom is -0.383 e. The molecule has 1 saturated heterocycles. The second kappa shape index (κ2) is 10.9. The second-order valence-corrected chi connectivity index (χ2v) is 8.01. The van der Waals surface area contributed by atoms with Crippen LogP contribution in [0.15, 0.2) is 55.0 Å². The maximum absolute atomic E-state index is 13.1. The predicted octanol–water partition coefficient (Wildman–Crippen LogP) is 1.88. The first-order chi connectivity index (χ1) is 16.2. The van der Waals surface area contributed by atoms with Gasteiger partial charge in [-0.15, -0.1) is 0 Å². The first-order valence-electron chi connectivity index (χ1n) is 11.2. The fourth-order valence-corrected chi connectivity index (χ4v) is 3.90. The summed E-state index contributed by atoms with van der Waals surface area (Å²) in [5.41, 5.74) is 11.1. The lowest BCUT2D eigenvalue weighted by atomic mass is 10.0. The van der Waals surface area contributed by atoms with E-state index in [4.69, 9.17) is 10.5 Å². The Balaban J connectivity index is 1.52. The molecule has 0 radical (unpaired) electrons. The van der Waals surface area contributed by atoms with Gasteiger partial charge in [0.25, 0.3) is 5.91 Å². The molecule has 9 heteroatoms. The van der Waals surface area contributed by atoms with Crippen LogP contribution in [0.4, 0.5) is 17.2 Å². The number of rotatable bonds is 8. The molecule has 1 aliphatic heterocycles. The maximum Gasteiger partial charge on any atom is 0.259 e. The van der Waals surface area contributed by atoms with Crippen LogP contribution in [0.3, 0.4) is 0 Å². The Bertz CT molecular complexity index is 1090. The van der Waals surface area contributed by atoms with E-state index in [1.165, 1.54) is 5.56 Å². The molecule has 0 unspecified atom stereocenters. The lowest BCUT2D eigenvalue weighted by molar-refractivity contribution is 0.102. The highest BCUT2D eigenvalue weighted by atomic mass is 16.5. The van der Waals surface area contributed by atoms with Crippen molar-refractivity contribution in [1.29, 1.82) is 0 Å². The summed E-state index contributed by atoms with van der Waals surface area (Å²) in [6.07, 6.45) is 7.18. The van der Waals surface area contributed by atoms with Gasteiger partial charge in [-0.1, -0.05) is 24.3 Å². The van der Waals surface area contributed by atoms with Crippen molar-refractivity contribution in [1.82, 2.24) is 15.2 Å². The topological polar surface area (TPSA) is 105 Å². The highest BCUT2D eigenvalue weighted by molar-refractivity contribution is 6.09. The number of hydrogen-bond donors (Lipinski definition) is 3. The molecular formula is C24H29BN6O2. The molecule has 0 atom stereocenters. The summed E-state index contributed by atoms with van der Waals surface area (Å²) in [6.45, 7) is 3.83. The van der Waals surface area contributed by atoms with Crippen LogP contribution in [0.2, 0.25) is 0 Å². The molecule has 4 rings (SSSR count). The van der Waals surface area contributed by atoms with Gasteiger partial charge in [0, 0.05) is 31.0 Å². The normalized spacial score (nSPS) is 13.6. The van der Waals surface area contributed by atoms with E-state index in [-0.39, 0.29) is 11.7 Å². The average Bonchev–Trinajstić information content (AvgIpc) is 2.86. The van der Waals surface area contributed by atoms with E-state index in [1.54, 1.807) is 24.7 Å². The molecule has 3 aromatic rings. The number of aromatic nitrogens is 2. The number of ether oxygens (including phenoxy) is 1. The molecule has 0 spiro atoms. The fraction of sp³-hybridized carbons (Fsp3) is 0.292. The predicted molar refractivity (Wildman–Crippen MR) is 134 cm³/mol. The molecule has 1 fully saturated rings. The van der Waals surface area contributed by atoms with E-state index < -0.39 is 0 Å². The van der Waals surface area contributed by atoms with Crippen LogP contribution in [-0.4, -0.2) is 56.7 Å². The van der Waals surface area contributed by atoms with Crippen LogP contribution in [0.1, 0.15) is 22.3 Å². The first-order valence-corrected chi connectivity index (χ1v) is 11.2. The van der Waals surface area contributed by atoms with Crippen molar-refractivity contribution in [2.45, 2.75) is 12.8 Å². The standard InChI is InChI=1S/C24H29BN6O2/c25-29-8-1-2-17-3-5-18(6-4-17)19-14-20(23(26)28-15-19)24(32)30-21-16-27-9-7-22(21)31-10-12-33-13-11-31/h3-7,9,14-16,29H,1-2,8,10-13,25H2,(H2,26,28)(H,30,32). The zero-order chi connectivity index (χ0) is 23.0. The Morgan fingerprint density at radius 2 is 1.91 bits per heavy atom. The van der Waals surface area contributed by atoms with Gasteiger partial charge in [-0.2, -0.15) is 0 Å². The lowest BCUT2D eigenvalue weighted by Crippen LogP contribution is -2.36. The van der Waals surface area contributed by atoms with Crippen molar-refractivity contribution in [3.8, 4) is 11.1 Å². The minimum atomic E-state index is -0.312. The van der Waals surface area contributed by atoms with Gasteiger partial charge in [0.05, 0.1) is 36.3 Å². The van der Waals surface area contributed by atoms with Gasteiger partial charge in [0.15, 0.2) is 7.98 Å². The Morgan fingerprint density at radius 1 is 1.12 bits per heavy atom. The molecule has 1 amide bonds. The quantitative estimate of drug-likeness (QED) is 0.360. The van der Waals surface area contributed by atoms with Crippen molar-refractivity contribution < 1.29 is 9.53 Å². The van der Waals surface area contributed by atoms with Crippen molar-refractivity contribution in [3.05, 3.63) is 66.1 Å². The number of amides is 1. The van der Waals surface area contributed by atoms with Gasteiger partial charge < -0.3 is 25.9 Å². The molecule has 1 aliphatic rings. The molecule has 0 saturated carbocycles. The Kier molecular flexibility index (Phi) is 7.54. The van der Waals surface area contributed by atoms with Gasteiger partial charge in [-0.25, -0.2) is 4.98 Å². The molecular weight excluding hydrogens is 415 g/mol. The zero-order valence-corrected chi connectivity index (χ0v) is 18.9. The Hall–Kier alpha value is -3.43. The molecule has 33 heavy (non-hydrogen) atoms. The van der Waals surface area contributed by atoms with Gasteiger partial charge in [0.2, 0.25) is 0 Å². The smallest absolute Gasteiger partial charge is 0.259 e. The van der Waals surface area contributed by atoms with Crippen molar-refractivity contribution in [2.75, 3.05) is 48.8 Å². The van der Waals surface area contributed by atoms with E-state index in [2.05, 4.69) is 49.7 Å². The van der Waals surface area contributed by atoms with E-state index >= 15 is 0 Å². The third kappa shape index (κ3) is 5.69. The Labute approximate surface area is 195 Å². The lowest BCUT2D eigenvalue weighted by Gasteiger charge is -2.30. The van der Waals surface area contributed by atoms with Crippen LogP contribution in [0, 0.1) is 0 Å². The summed E-state index contributed by atoms with van der Waals surface area (Å²) in [6, 6.07) is 12.0. The number of anilines is 3. The molecule has 0 aliphatic carbocycles. The minimum absolute atomic E-state index is 0.191. The average molecular weight is 444 g/mol. The highest BCUT2D eigenvalue weighted by Crippen LogP contribution is 2.28. The van der Waals surface area contributed by atoms with E-state index in [9.17, 15) is 4.79 Å². The summed E-state index contributed by atoms with van der Waals surface area (Å²) >= 11 is 0. The number of aryl methyl sites for hydroxylation is 1. The van der Waals surface area contributed by atoms with Gasteiger partial charge in [0.1, 0.15) is 5.82 Å². The van der Waals surface area contributed by atoms with Crippen LogP contribution in [-0.2, 0) is 11.2 Å². The van der Waals surface area contributed by atoms with Gasteiger partial charge >= 0.3 is 0 Å². The fourth-order valence-electron chi connectivity index (χ4n) is 3.90. The molecule has 3 heterocycles. The summed E-state index contributed by atoms with van der Waals surface area (Å²) in [5.74, 6) is -0.121. The third-order valence-electron chi connectivity index (χ3n) is 5.74. The highest BCUT2D eigenvalue weighted by Gasteiger charge is 2.18. The number of nitrogens with zero attached hydrogens (tertiary/aromatic N) is 3. The number of carbonyl (C=O) groups is 1. The number of pyridine rings is 2. The molecule has 170 valence electrons. The molecule has 1 aromatic carbocycles. The van der Waals surface area contributed by atoms with E-state index in [0.29, 0.717) is 24.5 Å². The Morgan fingerprint density at radius 3 is 2.67 bits per heavy atom. The molecule has 8 nitrogen and oxygen atoms in total. The number of nitrogens with two attached hydrogens (primary N) is 1. The molecule has 0 bridgehead atoms. The van der Waals surface area contributed by atoms with Gasteiger partial charge in [-0.05, 0) is 42.6 Å². The summed E-state index contributed by atoms with van der Waals surface area (Å²) < 4.78 is 5.44. The number of hydrogen-bond acceptors (Lipinski definition) is 7. The largest absolute Gasteiger partial charge is 0.383 e. The van der Waals surface area contributed by atoms with E-state index in [0.717, 1.165) is 49.3 Å². The number of morpholine rings is 1. The number of carbonyl (C=O) groups excluding carboxylic acids is 1. The summed E-state index contributed by atoms with van der Waals surface area (Å²) in [7, 11) is 1.96. The number of nitrogen functional groups attached to an aromatic ring is 1. The van der Waals surface area contributed by atoms with Gasteiger partial charge in [-0.3, -0.25) is 9.78 Å². The van der Waals surface area contributed by atoms with Crippen molar-refractivity contribution >= 4 is 31.1 Å². The molecule has 2 aromatic heterocycles. The first kappa shape index (κ1) is 22.8. The summed E-state index contributed by atoms with van der Waals surface area (Å²) in [5, 5.41) is 6.14. The van der Waals surface area contributed by atoms with Crippen molar-refractivity contribution in [3.63, 3.8) is 0 Å². The van der Waals surface area contributed by atoms with Crippen molar-refractivity contribution in [2.24, 2.45) is 0 Å². The maximum atomic E-state index is 13.1. The van der Waals surface area contributed by atoms with Crippen LogP contribution >= 0.6 is 0 Å². The van der Waals surface area contributed by atoms with E-state index in [1.807, 2.05) is 14.0 Å².